The number of carbonyl (C=O) groups is 2. The van der Waals surface area contributed by atoms with Crippen molar-refractivity contribution in [3.63, 3.8) is 0 Å². The Balaban J connectivity index is 2.40. The van der Waals surface area contributed by atoms with Crippen LogP contribution in [-0.4, -0.2) is 49.8 Å². The van der Waals surface area contributed by atoms with Gasteiger partial charge in [0.25, 0.3) is 0 Å². The number of rotatable bonds is 4. The Morgan fingerprint density at radius 1 is 1.52 bits per heavy atom. The van der Waals surface area contributed by atoms with Crippen molar-refractivity contribution in [2.24, 2.45) is 0 Å². The predicted molar refractivity (Wildman–Crippen MR) is 78.6 cm³/mol. The second-order valence-electron chi connectivity index (χ2n) is 5.19. The highest BCUT2D eigenvalue weighted by molar-refractivity contribution is 5.89. The van der Waals surface area contributed by atoms with Gasteiger partial charge in [-0.2, -0.15) is 4.98 Å². The third-order valence-electron chi connectivity index (χ3n) is 3.64. The number of nitrogens with one attached hydrogen (secondary N) is 1. The van der Waals surface area contributed by atoms with E-state index in [0.29, 0.717) is 0 Å². The fourth-order valence-corrected chi connectivity index (χ4v) is 2.43. The van der Waals surface area contributed by atoms with Crippen molar-refractivity contribution in [3.8, 4) is 0 Å². The average molecular weight is 323 g/mol. The van der Waals surface area contributed by atoms with Crippen molar-refractivity contribution < 1.29 is 24.5 Å². The lowest BCUT2D eigenvalue weighted by Crippen LogP contribution is -2.47. The number of hydrogen-bond acceptors (Lipinski definition) is 7. The Kier molecular flexibility index (Phi) is 4.46. The molecule has 1 aromatic heterocycles. The number of carbonyl (C=O) groups excluding carboxylic acids is 2. The van der Waals surface area contributed by atoms with E-state index in [1.165, 1.54) is 19.2 Å². The normalized spacial score (nSPS) is 27.0. The molecule has 0 bridgehead atoms. The number of anilines is 1. The molecule has 0 unspecified atom stereocenters. The summed E-state index contributed by atoms with van der Waals surface area (Å²) in [6.07, 6.45) is -1.11. The van der Waals surface area contributed by atoms with Crippen LogP contribution in [0.3, 0.4) is 0 Å². The molecule has 9 nitrogen and oxygen atoms in total. The van der Waals surface area contributed by atoms with Crippen molar-refractivity contribution in [1.82, 2.24) is 9.55 Å². The molecule has 0 aliphatic carbocycles. The van der Waals surface area contributed by atoms with Gasteiger partial charge in [0.2, 0.25) is 5.91 Å². The summed E-state index contributed by atoms with van der Waals surface area (Å²) in [5.41, 5.74) is -2.93. The van der Waals surface area contributed by atoms with E-state index >= 15 is 0 Å². The van der Waals surface area contributed by atoms with Crippen LogP contribution in [0.15, 0.2) is 29.2 Å². The predicted octanol–water partition coefficient (Wildman–Crippen LogP) is -1.03. The van der Waals surface area contributed by atoms with E-state index in [4.69, 9.17) is 4.74 Å². The average Bonchev–Trinajstić information content (AvgIpc) is 2.72. The van der Waals surface area contributed by atoms with E-state index in [2.05, 4.69) is 16.9 Å². The minimum atomic E-state index is -2.09. The fraction of sp³-hybridized carbons (Fsp3) is 0.429. The van der Waals surface area contributed by atoms with Crippen LogP contribution in [0, 0.1) is 0 Å². The van der Waals surface area contributed by atoms with E-state index in [1.54, 1.807) is 0 Å². The zero-order chi connectivity index (χ0) is 17.4. The van der Waals surface area contributed by atoms with Crippen LogP contribution in [0.1, 0.15) is 20.1 Å². The Morgan fingerprint density at radius 2 is 2.17 bits per heavy atom. The highest BCUT2D eigenvalue weighted by atomic mass is 16.5. The van der Waals surface area contributed by atoms with Gasteiger partial charge >= 0.3 is 5.69 Å². The molecular weight excluding hydrogens is 306 g/mol. The number of amides is 1. The van der Waals surface area contributed by atoms with Gasteiger partial charge in [-0.3, -0.25) is 14.2 Å². The summed E-state index contributed by atoms with van der Waals surface area (Å²) in [6, 6.07) is 1.36. The second-order valence-corrected chi connectivity index (χ2v) is 5.19. The Hall–Kier alpha value is -2.36. The number of aliphatic hydroxyl groups excluding tert-OH is 1. The van der Waals surface area contributed by atoms with Gasteiger partial charge in [-0.1, -0.05) is 6.58 Å². The van der Waals surface area contributed by atoms with E-state index in [-0.39, 0.29) is 17.3 Å². The van der Waals surface area contributed by atoms with Gasteiger partial charge in [0.1, 0.15) is 11.9 Å². The number of hydrogen-bond donors (Lipinski definition) is 3. The Bertz CT molecular complexity index is 727. The van der Waals surface area contributed by atoms with Crippen LogP contribution in [-0.2, 0) is 14.3 Å². The summed E-state index contributed by atoms with van der Waals surface area (Å²) in [4.78, 5) is 38.4. The van der Waals surface area contributed by atoms with Gasteiger partial charge in [0, 0.05) is 18.7 Å². The van der Waals surface area contributed by atoms with E-state index in [9.17, 15) is 24.6 Å². The molecule has 0 saturated carbocycles. The lowest BCUT2D eigenvalue weighted by Gasteiger charge is -2.24. The van der Waals surface area contributed by atoms with Crippen LogP contribution in [0.25, 0.3) is 0 Å². The van der Waals surface area contributed by atoms with Gasteiger partial charge in [-0.15, -0.1) is 0 Å². The third kappa shape index (κ3) is 2.81. The summed E-state index contributed by atoms with van der Waals surface area (Å²) >= 11 is 0. The van der Waals surface area contributed by atoms with Crippen LogP contribution < -0.4 is 11.0 Å². The largest absolute Gasteiger partial charge is 0.394 e. The molecule has 0 aromatic carbocycles. The molecule has 0 spiro atoms. The number of aliphatic hydroxyl groups is 2. The molecule has 1 amide bonds. The molecule has 0 radical (unpaired) electrons. The smallest absolute Gasteiger partial charge is 0.351 e. The first-order chi connectivity index (χ1) is 10.7. The van der Waals surface area contributed by atoms with Crippen LogP contribution in [0.2, 0.25) is 0 Å². The molecule has 1 fully saturated rings. The number of aromatic nitrogens is 2. The van der Waals surface area contributed by atoms with E-state index < -0.39 is 36.0 Å². The van der Waals surface area contributed by atoms with Gasteiger partial charge in [0.05, 0.1) is 6.61 Å². The number of Topliss-reactive ketones (excluding diaryl/α,β-unsaturated/α-hetero) is 1. The fourth-order valence-electron chi connectivity index (χ4n) is 2.43. The van der Waals surface area contributed by atoms with Gasteiger partial charge in [-0.25, -0.2) is 4.79 Å². The standard InChI is InChI=1S/C14H17N3O6/c1-7-12(23-10(6-18)14(7,22)8(2)19)17-5-4-11(15-9(3)20)16-13(17)21/h4-5,10,12,18,22H,1,6H2,2-3H3,(H,15,16,20,21)/t10-,12-,14-/m1/s1. The summed E-state index contributed by atoms with van der Waals surface area (Å²) in [6.45, 7) is 5.42. The van der Waals surface area contributed by atoms with Gasteiger partial charge in [0.15, 0.2) is 17.6 Å². The number of ketones is 1. The molecule has 1 saturated heterocycles. The molecule has 3 atom stereocenters. The molecule has 3 N–H and O–H groups in total. The van der Waals surface area contributed by atoms with Gasteiger partial charge < -0.3 is 20.3 Å². The van der Waals surface area contributed by atoms with Crippen molar-refractivity contribution >= 4 is 17.5 Å². The van der Waals surface area contributed by atoms with E-state index in [0.717, 1.165) is 11.5 Å². The maximum Gasteiger partial charge on any atom is 0.351 e. The quantitative estimate of drug-likeness (QED) is 0.604. The molecule has 2 rings (SSSR count). The SMILES string of the molecule is C=C1[C@H](n2ccc(NC(C)=O)nc2=O)O[C@H](CO)[C@]1(O)C(C)=O. The maximum absolute atomic E-state index is 12.1. The Morgan fingerprint density at radius 3 is 2.61 bits per heavy atom. The Labute approximate surface area is 131 Å². The van der Waals surface area contributed by atoms with Crippen molar-refractivity contribution in [3.05, 3.63) is 34.9 Å². The highest BCUT2D eigenvalue weighted by Gasteiger charge is 2.54. The maximum atomic E-state index is 12.1. The van der Waals surface area contributed by atoms with E-state index in [1.807, 2.05) is 0 Å². The van der Waals surface area contributed by atoms with Crippen LogP contribution in [0.4, 0.5) is 5.82 Å². The zero-order valence-electron chi connectivity index (χ0n) is 12.6. The monoisotopic (exact) mass is 323 g/mol. The third-order valence-corrected chi connectivity index (χ3v) is 3.64. The minimum absolute atomic E-state index is 0.0582. The first kappa shape index (κ1) is 17.0. The summed E-state index contributed by atoms with van der Waals surface area (Å²) in [5.74, 6) is -0.981. The lowest BCUT2D eigenvalue weighted by molar-refractivity contribution is -0.142. The number of ether oxygens (including phenoxy) is 1. The molecule has 1 aromatic rings. The minimum Gasteiger partial charge on any atom is -0.394 e. The first-order valence-electron chi connectivity index (χ1n) is 6.77. The van der Waals surface area contributed by atoms with Gasteiger partial charge in [-0.05, 0) is 13.0 Å². The number of nitrogens with zero attached hydrogens (tertiary/aromatic N) is 2. The van der Waals surface area contributed by atoms with Crippen molar-refractivity contribution in [1.29, 1.82) is 0 Å². The van der Waals surface area contributed by atoms with Crippen molar-refractivity contribution in [2.45, 2.75) is 31.8 Å². The molecule has 1 aliphatic rings. The highest BCUT2D eigenvalue weighted by Crippen LogP contribution is 2.40. The summed E-state index contributed by atoms with van der Waals surface area (Å²) < 4.78 is 6.41. The molecular formula is C14H17N3O6. The summed E-state index contributed by atoms with van der Waals surface area (Å²) in [7, 11) is 0. The molecule has 9 heteroatoms. The molecule has 1 aliphatic heterocycles. The van der Waals surface area contributed by atoms with Crippen LogP contribution >= 0.6 is 0 Å². The second kappa shape index (κ2) is 6.03. The zero-order valence-corrected chi connectivity index (χ0v) is 12.6. The molecule has 23 heavy (non-hydrogen) atoms. The molecule has 124 valence electrons. The van der Waals surface area contributed by atoms with Crippen molar-refractivity contribution in [2.75, 3.05) is 11.9 Å². The van der Waals surface area contributed by atoms with Crippen LogP contribution in [0.5, 0.6) is 0 Å². The first-order valence-corrected chi connectivity index (χ1v) is 6.77. The molecule has 2 heterocycles. The summed E-state index contributed by atoms with van der Waals surface area (Å²) in [5, 5.41) is 22.1. The lowest BCUT2D eigenvalue weighted by atomic mass is 9.87. The topological polar surface area (TPSA) is 131 Å².